The van der Waals surface area contributed by atoms with Crippen LogP contribution in [0.1, 0.15) is 25.8 Å². The van der Waals surface area contributed by atoms with E-state index in [1.54, 1.807) is 0 Å². The Bertz CT molecular complexity index is 964. The molecule has 0 N–H and O–H groups in total. The SMILES string of the molecule is CC#C/C(=C/C/C=C\C)[P+](Cc1ccccc1)(c1ccccc1)c1ccccc1. The summed E-state index contributed by atoms with van der Waals surface area (Å²) < 4.78 is 0. The van der Waals surface area contributed by atoms with Gasteiger partial charge >= 0.3 is 0 Å². The van der Waals surface area contributed by atoms with Crippen LogP contribution in [0.25, 0.3) is 0 Å². The van der Waals surface area contributed by atoms with Crippen LogP contribution in [-0.2, 0) is 6.16 Å². The van der Waals surface area contributed by atoms with Gasteiger partial charge in [-0.2, -0.15) is 0 Å². The van der Waals surface area contributed by atoms with Crippen molar-refractivity contribution < 1.29 is 0 Å². The number of benzene rings is 3. The molecule has 0 heterocycles. The molecule has 0 aliphatic rings. The average Bonchev–Trinajstić information content (AvgIpc) is 2.79. The highest BCUT2D eigenvalue weighted by molar-refractivity contribution is 7.92. The maximum absolute atomic E-state index is 3.53. The third kappa shape index (κ3) is 4.95. The molecule has 144 valence electrons. The van der Waals surface area contributed by atoms with Crippen LogP contribution >= 0.6 is 7.26 Å². The van der Waals surface area contributed by atoms with E-state index in [4.69, 9.17) is 0 Å². The molecule has 0 radical (unpaired) electrons. The Morgan fingerprint density at radius 3 is 1.79 bits per heavy atom. The predicted molar refractivity (Wildman–Crippen MR) is 130 cm³/mol. The summed E-state index contributed by atoms with van der Waals surface area (Å²) in [4.78, 5) is 0. The van der Waals surface area contributed by atoms with Crippen molar-refractivity contribution >= 4 is 17.9 Å². The van der Waals surface area contributed by atoms with Crippen molar-refractivity contribution in [3.05, 3.63) is 120 Å². The third-order valence-corrected chi connectivity index (χ3v) is 9.32. The Morgan fingerprint density at radius 2 is 1.31 bits per heavy atom. The molecule has 0 nitrogen and oxygen atoms in total. The van der Waals surface area contributed by atoms with E-state index in [9.17, 15) is 0 Å². The van der Waals surface area contributed by atoms with Crippen LogP contribution in [0.2, 0.25) is 0 Å². The zero-order valence-electron chi connectivity index (χ0n) is 17.3. The summed E-state index contributed by atoms with van der Waals surface area (Å²) in [6.45, 7) is 4.01. The molecule has 0 spiro atoms. The Morgan fingerprint density at radius 1 is 0.793 bits per heavy atom. The minimum absolute atomic E-state index is 0.900. The van der Waals surface area contributed by atoms with Crippen LogP contribution in [0, 0.1) is 11.8 Å². The largest absolute Gasteiger partial charge is 0.150 e. The molecule has 0 unspecified atom stereocenters. The molecule has 0 aromatic heterocycles. The van der Waals surface area contributed by atoms with Gasteiger partial charge in [0.25, 0.3) is 0 Å². The molecule has 0 atom stereocenters. The monoisotopic (exact) mass is 395 g/mol. The molecule has 0 aliphatic carbocycles. The van der Waals surface area contributed by atoms with Gasteiger partial charge in [-0.1, -0.05) is 84.8 Å². The fourth-order valence-corrected chi connectivity index (χ4v) is 7.89. The first-order valence-corrected chi connectivity index (χ1v) is 12.1. The van der Waals surface area contributed by atoms with Crippen molar-refractivity contribution in [1.82, 2.24) is 0 Å². The van der Waals surface area contributed by atoms with Gasteiger partial charge in [-0.15, -0.1) is 0 Å². The van der Waals surface area contributed by atoms with Gasteiger partial charge in [-0.3, -0.25) is 0 Å². The van der Waals surface area contributed by atoms with Crippen LogP contribution < -0.4 is 10.6 Å². The van der Waals surface area contributed by atoms with E-state index in [1.807, 2.05) is 6.92 Å². The lowest BCUT2D eigenvalue weighted by Crippen LogP contribution is -2.25. The number of hydrogen-bond donors (Lipinski definition) is 0. The van der Waals surface area contributed by atoms with E-state index < -0.39 is 7.26 Å². The van der Waals surface area contributed by atoms with Crippen LogP contribution in [0.15, 0.2) is 115 Å². The quantitative estimate of drug-likeness (QED) is 0.236. The minimum Gasteiger partial charge on any atom is -0.0979 e. The normalized spacial score (nSPS) is 11.9. The van der Waals surface area contributed by atoms with E-state index in [0.29, 0.717) is 0 Å². The highest BCUT2D eigenvalue weighted by Crippen LogP contribution is 2.65. The second-order valence-electron chi connectivity index (χ2n) is 6.89. The van der Waals surface area contributed by atoms with Gasteiger partial charge in [0.2, 0.25) is 0 Å². The van der Waals surface area contributed by atoms with Crippen molar-refractivity contribution in [3.8, 4) is 11.8 Å². The molecule has 0 fully saturated rings. The first kappa shape index (κ1) is 20.9. The van der Waals surface area contributed by atoms with Crippen molar-refractivity contribution in [2.75, 3.05) is 0 Å². The molecule has 3 rings (SSSR count). The zero-order chi connectivity index (χ0) is 20.4. The predicted octanol–water partition coefficient (Wildman–Crippen LogP) is 6.73. The zero-order valence-corrected chi connectivity index (χ0v) is 18.1. The van der Waals surface area contributed by atoms with Crippen LogP contribution in [0.5, 0.6) is 0 Å². The number of allylic oxidation sites excluding steroid dienone is 4. The maximum Gasteiger partial charge on any atom is 0.150 e. The molecule has 0 bridgehead atoms. The minimum atomic E-state index is -1.94. The molecular formula is C28H28P+. The van der Waals surface area contributed by atoms with Gasteiger partial charge in [-0.05, 0) is 62.1 Å². The third-order valence-electron chi connectivity index (χ3n) is 5.00. The van der Waals surface area contributed by atoms with E-state index in [0.717, 1.165) is 12.6 Å². The van der Waals surface area contributed by atoms with Crippen LogP contribution in [0.4, 0.5) is 0 Å². The molecule has 0 saturated heterocycles. The molecule has 1 heteroatoms. The average molecular weight is 396 g/mol. The Kier molecular flexibility index (Phi) is 7.63. The highest BCUT2D eigenvalue weighted by Gasteiger charge is 2.46. The summed E-state index contributed by atoms with van der Waals surface area (Å²) in [6, 6.07) is 32.8. The molecule has 29 heavy (non-hydrogen) atoms. The lowest BCUT2D eigenvalue weighted by Gasteiger charge is -2.27. The topological polar surface area (TPSA) is 0 Å². The van der Waals surface area contributed by atoms with Crippen molar-refractivity contribution in [3.63, 3.8) is 0 Å². The van der Waals surface area contributed by atoms with Crippen LogP contribution in [-0.4, -0.2) is 0 Å². The highest BCUT2D eigenvalue weighted by atomic mass is 31.2. The molecule has 0 amide bonds. The van der Waals surface area contributed by atoms with Gasteiger partial charge in [0.05, 0.1) is 6.16 Å². The fourth-order valence-electron chi connectivity index (χ4n) is 3.66. The lowest BCUT2D eigenvalue weighted by molar-refractivity contribution is 1.35. The molecular weight excluding hydrogens is 367 g/mol. The molecule has 3 aromatic carbocycles. The number of rotatable bonds is 7. The second kappa shape index (κ2) is 10.6. The summed E-state index contributed by atoms with van der Waals surface area (Å²) in [7, 11) is -1.94. The van der Waals surface area contributed by atoms with E-state index in [2.05, 4.69) is 128 Å². The maximum atomic E-state index is 3.53. The summed E-state index contributed by atoms with van der Waals surface area (Å²) in [5.41, 5.74) is 1.35. The lowest BCUT2D eigenvalue weighted by atomic mass is 10.2. The van der Waals surface area contributed by atoms with Gasteiger partial charge in [0.1, 0.15) is 17.9 Å². The summed E-state index contributed by atoms with van der Waals surface area (Å²) in [5.74, 6) is 6.74. The first-order chi connectivity index (χ1) is 14.3. The van der Waals surface area contributed by atoms with Gasteiger partial charge in [-0.25, -0.2) is 0 Å². The second-order valence-corrected chi connectivity index (χ2v) is 10.3. The Labute approximate surface area is 176 Å². The number of hydrogen-bond acceptors (Lipinski definition) is 0. The van der Waals surface area contributed by atoms with Gasteiger partial charge < -0.3 is 0 Å². The van der Waals surface area contributed by atoms with E-state index in [1.165, 1.54) is 21.5 Å². The van der Waals surface area contributed by atoms with E-state index in [-0.39, 0.29) is 0 Å². The smallest absolute Gasteiger partial charge is 0.0979 e. The van der Waals surface area contributed by atoms with Gasteiger partial charge in [0.15, 0.2) is 5.31 Å². The van der Waals surface area contributed by atoms with Crippen molar-refractivity contribution in [1.29, 1.82) is 0 Å². The standard InChI is InChI=1S/C28H28P/c1-3-5-9-19-26(16-4-2)29(27-20-12-7-13-21-27,28-22-14-8-15-23-28)24-25-17-10-6-11-18-25/h3,5-8,10-15,17-23H,9,24H2,1-2H3/q+1/b5-3-,26-19-. The van der Waals surface area contributed by atoms with E-state index >= 15 is 0 Å². The van der Waals surface area contributed by atoms with Gasteiger partial charge in [0, 0.05) is 0 Å². The summed E-state index contributed by atoms with van der Waals surface area (Å²) >= 11 is 0. The Hall–Kier alpha value is -2.87. The fraction of sp³-hybridized carbons (Fsp3) is 0.143. The van der Waals surface area contributed by atoms with Crippen LogP contribution in [0.3, 0.4) is 0 Å². The van der Waals surface area contributed by atoms with Crippen molar-refractivity contribution in [2.45, 2.75) is 26.4 Å². The first-order valence-electron chi connectivity index (χ1n) is 10.1. The summed E-state index contributed by atoms with van der Waals surface area (Å²) in [6.07, 6.45) is 8.52. The molecule has 0 aliphatic heterocycles. The summed E-state index contributed by atoms with van der Waals surface area (Å²) in [5, 5.41) is 4.02. The Balaban J connectivity index is 2.32. The molecule has 0 saturated carbocycles. The van der Waals surface area contributed by atoms with Crippen molar-refractivity contribution in [2.24, 2.45) is 0 Å². The molecule has 3 aromatic rings.